The van der Waals surface area contributed by atoms with Gasteiger partial charge in [-0.3, -0.25) is 0 Å². The Hall–Kier alpha value is -0.500. The van der Waals surface area contributed by atoms with Gasteiger partial charge in [-0.1, -0.05) is 25.0 Å². The Morgan fingerprint density at radius 2 is 1.92 bits per heavy atom. The third-order valence-electron chi connectivity index (χ3n) is 2.88. The quantitative estimate of drug-likeness (QED) is 0.744. The SMILES string of the molecule is Nc1c(Br)cccc1C1CCCC1. The van der Waals surface area contributed by atoms with Gasteiger partial charge >= 0.3 is 0 Å². The lowest BCUT2D eigenvalue weighted by atomic mass is 9.96. The zero-order chi connectivity index (χ0) is 9.26. The van der Waals surface area contributed by atoms with Crippen molar-refractivity contribution in [3.63, 3.8) is 0 Å². The molecule has 0 aliphatic heterocycles. The molecule has 2 heteroatoms. The van der Waals surface area contributed by atoms with E-state index >= 15 is 0 Å². The van der Waals surface area contributed by atoms with Crippen molar-refractivity contribution < 1.29 is 0 Å². The molecule has 1 aliphatic carbocycles. The minimum atomic E-state index is 0.706. The Morgan fingerprint density at radius 1 is 1.23 bits per heavy atom. The first-order chi connectivity index (χ1) is 6.29. The first-order valence-electron chi connectivity index (χ1n) is 4.83. The number of hydrogen-bond acceptors (Lipinski definition) is 1. The van der Waals surface area contributed by atoms with E-state index in [2.05, 4.69) is 28.1 Å². The van der Waals surface area contributed by atoms with Crippen molar-refractivity contribution in [2.24, 2.45) is 0 Å². The number of halogens is 1. The highest BCUT2D eigenvalue weighted by molar-refractivity contribution is 9.10. The van der Waals surface area contributed by atoms with E-state index in [0.29, 0.717) is 5.92 Å². The molecule has 1 fully saturated rings. The second kappa shape index (κ2) is 3.70. The standard InChI is InChI=1S/C11H14BrN/c12-10-7-3-6-9(11(10)13)8-4-1-2-5-8/h3,6-8H,1-2,4-5,13H2. The smallest absolute Gasteiger partial charge is 0.0493 e. The highest BCUT2D eigenvalue weighted by atomic mass is 79.9. The van der Waals surface area contributed by atoms with Gasteiger partial charge in [0.25, 0.3) is 0 Å². The van der Waals surface area contributed by atoms with Crippen LogP contribution >= 0.6 is 15.9 Å². The Balaban J connectivity index is 2.33. The molecule has 0 spiro atoms. The fraction of sp³-hybridized carbons (Fsp3) is 0.455. The van der Waals surface area contributed by atoms with Crippen LogP contribution in [0.1, 0.15) is 37.2 Å². The van der Waals surface area contributed by atoms with E-state index in [9.17, 15) is 0 Å². The third kappa shape index (κ3) is 1.73. The van der Waals surface area contributed by atoms with Gasteiger partial charge in [0.2, 0.25) is 0 Å². The Labute approximate surface area is 87.5 Å². The normalized spacial score (nSPS) is 17.9. The van der Waals surface area contributed by atoms with Crippen LogP contribution in [0.5, 0.6) is 0 Å². The second-order valence-electron chi connectivity index (χ2n) is 3.72. The lowest BCUT2D eigenvalue weighted by Gasteiger charge is -2.13. The van der Waals surface area contributed by atoms with E-state index < -0.39 is 0 Å². The number of benzene rings is 1. The molecule has 0 amide bonds. The van der Waals surface area contributed by atoms with Gasteiger partial charge in [0.15, 0.2) is 0 Å². The van der Waals surface area contributed by atoms with Crippen LogP contribution in [0.2, 0.25) is 0 Å². The molecule has 1 aromatic carbocycles. The first-order valence-corrected chi connectivity index (χ1v) is 5.62. The van der Waals surface area contributed by atoms with Gasteiger partial charge < -0.3 is 5.73 Å². The fourth-order valence-corrected chi connectivity index (χ4v) is 2.53. The molecule has 0 unspecified atom stereocenters. The number of nitrogen functional groups attached to an aromatic ring is 1. The molecule has 2 N–H and O–H groups in total. The minimum absolute atomic E-state index is 0.706. The zero-order valence-electron chi connectivity index (χ0n) is 7.59. The summed E-state index contributed by atoms with van der Waals surface area (Å²) in [5.74, 6) is 0.706. The molecule has 0 atom stereocenters. The molecule has 1 aromatic rings. The van der Waals surface area contributed by atoms with Crippen LogP contribution in [0.4, 0.5) is 5.69 Å². The molecule has 1 nitrogen and oxygen atoms in total. The van der Waals surface area contributed by atoms with Crippen molar-refractivity contribution in [3.8, 4) is 0 Å². The summed E-state index contributed by atoms with van der Waals surface area (Å²) in [5, 5.41) is 0. The molecule has 70 valence electrons. The number of anilines is 1. The van der Waals surface area contributed by atoms with Gasteiger partial charge in [0, 0.05) is 10.2 Å². The maximum atomic E-state index is 6.02. The van der Waals surface area contributed by atoms with Crippen molar-refractivity contribution in [3.05, 3.63) is 28.2 Å². The van der Waals surface area contributed by atoms with Gasteiger partial charge in [-0.15, -0.1) is 0 Å². The summed E-state index contributed by atoms with van der Waals surface area (Å²) in [6, 6.07) is 6.25. The van der Waals surface area contributed by atoms with Crippen LogP contribution in [-0.2, 0) is 0 Å². The lowest BCUT2D eigenvalue weighted by Crippen LogP contribution is -1.99. The van der Waals surface area contributed by atoms with Crippen molar-refractivity contribution in [1.82, 2.24) is 0 Å². The molecule has 13 heavy (non-hydrogen) atoms. The van der Waals surface area contributed by atoms with Gasteiger partial charge in [-0.25, -0.2) is 0 Å². The van der Waals surface area contributed by atoms with Crippen LogP contribution in [0.25, 0.3) is 0 Å². The predicted molar refractivity (Wildman–Crippen MR) is 59.8 cm³/mol. The summed E-state index contributed by atoms with van der Waals surface area (Å²) < 4.78 is 1.04. The van der Waals surface area contributed by atoms with Crippen molar-refractivity contribution in [2.45, 2.75) is 31.6 Å². The largest absolute Gasteiger partial charge is 0.398 e. The Morgan fingerprint density at radius 3 is 2.62 bits per heavy atom. The maximum absolute atomic E-state index is 6.02. The van der Waals surface area contributed by atoms with E-state index in [1.165, 1.54) is 31.2 Å². The highest BCUT2D eigenvalue weighted by Gasteiger charge is 2.19. The van der Waals surface area contributed by atoms with E-state index in [1.54, 1.807) is 0 Å². The van der Waals surface area contributed by atoms with Crippen molar-refractivity contribution >= 4 is 21.6 Å². The highest BCUT2D eigenvalue weighted by Crippen LogP contribution is 2.38. The van der Waals surface area contributed by atoms with Gasteiger partial charge in [-0.2, -0.15) is 0 Å². The Kier molecular flexibility index (Phi) is 2.58. The Bertz CT molecular complexity index is 303. The van der Waals surface area contributed by atoms with Crippen LogP contribution in [0.15, 0.2) is 22.7 Å². The molecule has 0 aromatic heterocycles. The molecule has 0 radical (unpaired) electrons. The summed E-state index contributed by atoms with van der Waals surface area (Å²) in [6.45, 7) is 0. The van der Waals surface area contributed by atoms with Crippen LogP contribution in [0, 0.1) is 0 Å². The van der Waals surface area contributed by atoms with E-state index in [0.717, 1.165) is 10.2 Å². The van der Waals surface area contributed by atoms with Gasteiger partial charge in [-0.05, 0) is 46.3 Å². The fourth-order valence-electron chi connectivity index (χ4n) is 2.15. The first kappa shape index (κ1) is 9.07. The van der Waals surface area contributed by atoms with E-state index in [4.69, 9.17) is 5.73 Å². The number of hydrogen-bond donors (Lipinski definition) is 1. The molecule has 1 saturated carbocycles. The molecular weight excluding hydrogens is 226 g/mol. The van der Waals surface area contributed by atoms with Gasteiger partial charge in [0.05, 0.1) is 0 Å². The molecule has 2 rings (SSSR count). The molecule has 0 saturated heterocycles. The second-order valence-corrected chi connectivity index (χ2v) is 4.58. The lowest BCUT2D eigenvalue weighted by molar-refractivity contribution is 0.725. The topological polar surface area (TPSA) is 26.0 Å². The van der Waals surface area contributed by atoms with E-state index in [1.807, 2.05) is 6.07 Å². The van der Waals surface area contributed by atoms with E-state index in [-0.39, 0.29) is 0 Å². The summed E-state index contributed by atoms with van der Waals surface area (Å²) in [4.78, 5) is 0. The van der Waals surface area contributed by atoms with Crippen LogP contribution < -0.4 is 5.73 Å². The third-order valence-corrected chi connectivity index (χ3v) is 3.57. The van der Waals surface area contributed by atoms with Gasteiger partial charge in [0.1, 0.15) is 0 Å². The minimum Gasteiger partial charge on any atom is -0.398 e. The van der Waals surface area contributed by atoms with Crippen molar-refractivity contribution in [1.29, 1.82) is 0 Å². The summed E-state index contributed by atoms with van der Waals surface area (Å²) >= 11 is 3.47. The van der Waals surface area contributed by atoms with Crippen LogP contribution in [-0.4, -0.2) is 0 Å². The van der Waals surface area contributed by atoms with Crippen LogP contribution in [0.3, 0.4) is 0 Å². The predicted octanol–water partition coefficient (Wildman–Crippen LogP) is 3.69. The maximum Gasteiger partial charge on any atom is 0.0493 e. The summed E-state index contributed by atoms with van der Waals surface area (Å²) in [6.07, 6.45) is 5.33. The average molecular weight is 240 g/mol. The zero-order valence-corrected chi connectivity index (χ0v) is 9.18. The molecule has 0 heterocycles. The number of nitrogens with two attached hydrogens (primary N) is 1. The number of para-hydroxylation sites is 1. The number of rotatable bonds is 1. The monoisotopic (exact) mass is 239 g/mol. The summed E-state index contributed by atoms with van der Waals surface area (Å²) in [5.41, 5.74) is 8.29. The van der Waals surface area contributed by atoms with Crippen molar-refractivity contribution in [2.75, 3.05) is 5.73 Å². The average Bonchev–Trinajstić information content (AvgIpc) is 2.62. The molecular formula is C11H14BrN. The molecule has 1 aliphatic rings. The summed E-state index contributed by atoms with van der Waals surface area (Å²) in [7, 11) is 0. The molecule has 0 bridgehead atoms.